The highest BCUT2D eigenvalue weighted by atomic mass is 79.9. The molecule has 2 aromatic rings. The van der Waals surface area contributed by atoms with Crippen molar-refractivity contribution in [2.75, 3.05) is 0 Å². The molecule has 5 nitrogen and oxygen atoms in total. The molecule has 0 amide bonds. The lowest BCUT2D eigenvalue weighted by atomic mass is 10.2. The van der Waals surface area contributed by atoms with Gasteiger partial charge in [0.25, 0.3) is 0 Å². The second-order valence-electron chi connectivity index (χ2n) is 4.99. The molecule has 1 aromatic heterocycles. The van der Waals surface area contributed by atoms with Crippen molar-refractivity contribution in [3.63, 3.8) is 0 Å². The quantitative estimate of drug-likeness (QED) is 0.745. The smallest absolute Gasteiger partial charge is 0.435 e. The van der Waals surface area contributed by atoms with E-state index in [0.29, 0.717) is 10.9 Å². The molecule has 0 atom stereocenters. The Labute approximate surface area is 118 Å². The summed E-state index contributed by atoms with van der Waals surface area (Å²) in [6.45, 7) is 5.33. The van der Waals surface area contributed by atoms with Crippen LogP contribution in [0.5, 0.6) is 0 Å². The predicted octanol–water partition coefficient (Wildman–Crippen LogP) is 3.45. The third-order valence-electron chi connectivity index (χ3n) is 2.33. The molecule has 0 radical (unpaired) electrons. The van der Waals surface area contributed by atoms with Gasteiger partial charge in [-0.2, -0.15) is 15.0 Å². The molecule has 0 aliphatic rings. The van der Waals surface area contributed by atoms with E-state index < -0.39 is 11.7 Å². The highest BCUT2D eigenvalue weighted by Gasteiger charge is 2.22. The third kappa shape index (κ3) is 2.61. The first-order valence-electron chi connectivity index (χ1n) is 5.64. The second kappa shape index (κ2) is 4.67. The first-order chi connectivity index (χ1) is 8.83. The highest BCUT2D eigenvalue weighted by Crippen LogP contribution is 2.27. The Morgan fingerprint density at radius 3 is 2.74 bits per heavy atom. The number of halogens is 1. The van der Waals surface area contributed by atoms with E-state index in [0.717, 1.165) is 9.15 Å². The Bertz CT molecular complexity index is 692. The molecule has 0 spiro atoms. The SMILES string of the molecule is CC(C)(C)OC(=O)n1nc(C#N)c2c(Br)cccc21. The first kappa shape index (κ1) is 13.6. The molecule has 0 saturated carbocycles. The number of rotatable bonds is 0. The van der Waals surface area contributed by atoms with Gasteiger partial charge in [-0.15, -0.1) is 0 Å². The van der Waals surface area contributed by atoms with Crippen LogP contribution in [0.15, 0.2) is 22.7 Å². The van der Waals surface area contributed by atoms with E-state index in [-0.39, 0.29) is 5.69 Å². The Kier molecular flexibility index (Phi) is 3.33. The topological polar surface area (TPSA) is 67.9 Å². The van der Waals surface area contributed by atoms with Gasteiger partial charge in [-0.05, 0) is 48.8 Å². The van der Waals surface area contributed by atoms with Crippen LogP contribution in [0.4, 0.5) is 4.79 Å². The molecule has 1 heterocycles. The van der Waals surface area contributed by atoms with Gasteiger partial charge < -0.3 is 4.74 Å². The lowest BCUT2D eigenvalue weighted by molar-refractivity contribution is 0.0522. The lowest BCUT2D eigenvalue weighted by Gasteiger charge is -2.19. The molecule has 0 fully saturated rings. The minimum atomic E-state index is -0.617. The van der Waals surface area contributed by atoms with Gasteiger partial charge in [-0.25, -0.2) is 4.79 Å². The van der Waals surface area contributed by atoms with E-state index in [9.17, 15) is 4.79 Å². The summed E-state index contributed by atoms with van der Waals surface area (Å²) in [5.74, 6) is 0. The molecule has 98 valence electrons. The van der Waals surface area contributed by atoms with E-state index in [4.69, 9.17) is 10.00 Å². The maximum atomic E-state index is 12.1. The van der Waals surface area contributed by atoms with Crippen molar-refractivity contribution in [3.05, 3.63) is 28.4 Å². The summed E-state index contributed by atoms with van der Waals surface area (Å²) in [6, 6.07) is 7.27. The fourth-order valence-corrected chi connectivity index (χ4v) is 2.19. The summed E-state index contributed by atoms with van der Waals surface area (Å²) >= 11 is 3.36. The minimum absolute atomic E-state index is 0.188. The number of benzene rings is 1. The van der Waals surface area contributed by atoms with E-state index in [1.165, 1.54) is 0 Å². The zero-order chi connectivity index (χ0) is 14.2. The van der Waals surface area contributed by atoms with Gasteiger partial charge in [0.2, 0.25) is 0 Å². The van der Waals surface area contributed by atoms with Crippen molar-refractivity contribution in [1.29, 1.82) is 5.26 Å². The molecule has 0 unspecified atom stereocenters. The molecule has 19 heavy (non-hydrogen) atoms. The number of fused-ring (bicyclic) bond motifs is 1. The van der Waals surface area contributed by atoms with Gasteiger partial charge in [-0.1, -0.05) is 6.07 Å². The number of nitriles is 1. The van der Waals surface area contributed by atoms with Crippen molar-refractivity contribution in [2.24, 2.45) is 0 Å². The number of aromatic nitrogens is 2. The maximum Gasteiger partial charge on any atom is 0.435 e. The molecular formula is C13H12BrN3O2. The fraction of sp³-hybridized carbons (Fsp3) is 0.308. The second-order valence-corrected chi connectivity index (χ2v) is 5.84. The Morgan fingerprint density at radius 2 is 2.16 bits per heavy atom. The maximum absolute atomic E-state index is 12.1. The number of nitrogens with zero attached hydrogens (tertiary/aromatic N) is 3. The molecule has 0 N–H and O–H groups in total. The number of hydrogen-bond acceptors (Lipinski definition) is 4. The van der Waals surface area contributed by atoms with Gasteiger partial charge in [0.15, 0.2) is 5.69 Å². The molecule has 2 rings (SSSR count). The normalized spacial score (nSPS) is 11.3. The first-order valence-corrected chi connectivity index (χ1v) is 6.43. The van der Waals surface area contributed by atoms with Crippen molar-refractivity contribution in [1.82, 2.24) is 9.78 Å². The van der Waals surface area contributed by atoms with Crippen LogP contribution in [0.2, 0.25) is 0 Å². The molecule has 0 aliphatic carbocycles. The zero-order valence-corrected chi connectivity index (χ0v) is 12.4. The van der Waals surface area contributed by atoms with Crippen molar-refractivity contribution in [3.8, 4) is 6.07 Å². The molecule has 0 bridgehead atoms. The lowest BCUT2D eigenvalue weighted by Crippen LogP contribution is -2.27. The summed E-state index contributed by atoms with van der Waals surface area (Å²) in [5, 5.41) is 13.7. The Morgan fingerprint density at radius 1 is 1.47 bits per heavy atom. The Hall–Kier alpha value is -1.87. The summed E-state index contributed by atoms with van der Waals surface area (Å²) < 4.78 is 7.10. The van der Waals surface area contributed by atoms with Crippen molar-refractivity contribution in [2.45, 2.75) is 26.4 Å². The van der Waals surface area contributed by atoms with Gasteiger partial charge in [0.1, 0.15) is 11.7 Å². The van der Waals surface area contributed by atoms with Gasteiger partial charge in [-0.3, -0.25) is 0 Å². The zero-order valence-electron chi connectivity index (χ0n) is 10.8. The van der Waals surface area contributed by atoms with E-state index in [1.807, 2.05) is 6.07 Å². The number of ether oxygens (including phenoxy) is 1. The molecule has 6 heteroatoms. The fourth-order valence-electron chi connectivity index (χ4n) is 1.65. The third-order valence-corrected chi connectivity index (χ3v) is 2.99. The number of carbonyl (C=O) groups excluding carboxylic acids is 1. The van der Waals surface area contributed by atoms with E-state index >= 15 is 0 Å². The van der Waals surface area contributed by atoms with Crippen LogP contribution >= 0.6 is 15.9 Å². The van der Waals surface area contributed by atoms with Crippen molar-refractivity contribution >= 4 is 32.9 Å². The molecule has 0 saturated heterocycles. The minimum Gasteiger partial charge on any atom is -0.442 e. The van der Waals surface area contributed by atoms with Gasteiger partial charge in [0, 0.05) is 4.47 Å². The average Bonchev–Trinajstić information content (AvgIpc) is 2.67. The summed E-state index contributed by atoms with van der Waals surface area (Å²) in [7, 11) is 0. The molecule has 1 aromatic carbocycles. The Balaban J connectivity index is 2.60. The van der Waals surface area contributed by atoms with Crippen LogP contribution in [-0.2, 0) is 4.74 Å². The van der Waals surface area contributed by atoms with Crippen LogP contribution in [0.25, 0.3) is 10.9 Å². The predicted molar refractivity (Wildman–Crippen MR) is 73.8 cm³/mol. The summed E-state index contributed by atoms with van der Waals surface area (Å²) in [5.41, 5.74) is 0.113. The molecule has 0 aliphatic heterocycles. The number of hydrogen-bond donors (Lipinski definition) is 0. The largest absolute Gasteiger partial charge is 0.442 e. The van der Waals surface area contributed by atoms with Crippen LogP contribution in [0.3, 0.4) is 0 Å². The van der Waals surface area contributed by atoms with Crippen LogP contribution in [-0.4, -0.2) is 21.5 Å². The van der Waals surface area contributed by atoms with Crippen LogP contribution in [0, 0.1) is 11.3 Å². The summed E-state index contributed by atoms with van der Waals surface area (Å²) in [6.07, 6.45) is -0.600. The monoisotopic (exact) mass is 321 g/mol. The summed E-state index contributed by atoms with van der Waals surface area (Å²) in [4.78, 5) is 12.1. The number of carbonyl (C=O) groups is 1. The molecular weight excluding hydrogens is 310 g/mol. The van der Waals surface area contributed by atoms with E-state index in [2.05, 4.69) is 21.0 Å². The van der Waals surface area contributed by atoms with Gasteiger partial charge in [0.05, 0.1) is 10.9 Å². The standard InChI is InChI=1S/C13H12BrN3O2/c1-13(2,3)19-12(18)17-10-6-4-5-8(14)11(10)9(7-15)16-17/h4-6H,1-3H3. The average molecular weight is 322 g/mol. The highest BCUT2D eigenvalue weighted by molar-refractivity contribution is 9.10. The van der Waals surface area contributed by atoms with Crippen LogP contribution < -0.4 is 0 Å². The van der Waals surface area contributed by atoms with E-state index in [1.54, 1.807) is 39.0 Å². The van der Waals surface area contributed by atoms with Crippen molar-refractivity contribution < 1.29 is 9.53 Å². The van der Waals surface area contributed by atoms with Gasteiger partial charge >= 0.3 is 6.09 Å². The van der Waals surface area contributed by atoms with Crippen LogP contribution in [0.1, 0.15) is 26.5 Å².